The molecule has 0 bridgehead atoms. The maximum absolute atomic E-state index is 15.8. The molecule has 0 aliphatic carbocycles. The number of fused-ring (bicyclic) bond motifs is 1. The zero-order chi connectivity index (χ0) is 22.7. The standard InChI is InChI=1S/C22H22FN3O5S/c1-24-9-10-30-17-8-7-16-11-19(31-14-15-5-3-2-4-6-15)22(21(23)18(16)12-17)26-13-20(27)25-32(26,28)29/h2-8,11-12,24H,9-10,13-14H2,1H3,(H,25,27). The van der Waals surface area contributed by atoms with Crippen LogP contribution in [0.4, 0.5) is 10.1 Å². The summed E-state index contributed by atoms with van der Waals surface area (Å²) < 4.78 is 54.7. The van der Waals surface area contributed by atoms with Crippen LogP contribution in [-0.4, -0.2) is 41.1 Å². The van der Waals surface area contributed by atoms with Crippen LogP contribution in [0.1, 0.15) is 5.56 Å². The van der Waals surface area contributed by atoms with Crippen LogP contribution >= 0.6 is 0 Å². The zero-order valence-electron chi connectivity index (χ0n) is 17.3. The van der Waals surface area contributed by atoms with Crippen molar-refractivity contribution in [3.05, 3.63) is 66.0 Å². The summed E-state index contributed by atoms with van der Waals surface area (Å²) in [5, 5.41) is 3.61. The second-order valence-electron chi connectivity index (χ2n) is 7.18. The fourth-order valence-electron chi connectivity index (χ4n) is 3.38. The molecular formula is C22H22FN3O5S. The van der Waals surface area contributed by atoms with Gasteiger partial charge in [0.05, 0.1) is 0 Å². The Morgan fingerprint density at radius 2 is 1.91 bits per heavy atom. The first-order valence-corrected chi connectivity index (χ1v) is 11.4. The molecule has 0 spiro atoms. The van der Waals surface area contributed by atoms with Crippen molar-refractivity contribution < 1.29 is 27.1 Å². The van der Waals surface area contributed by atoms with E-state index in [-0.39, 0.29) is 23.4 Å². The summed E-state index contributed by atoms with van der Waals surface area (Å²) in [5.74, 6) is -1.11. The van der Waals surface area contributed by atoms with Gasteiger partial charge in [0.1, 0.15) is 36.9 Å². The van der Waals surface area contributed by atoms with E-state index in [2.05, 4.69) is 5.32 Å². The zero-order valence-corrected chi connectivity index (χ0v) is 18.1. The van der Waals surface area contributed by atoms with Crippen molar-refractivity contribution in [2.24, 2.45) is 0 Å². The van der Waals surface area contributed by atoms with Gasteiger partial charge >= 0.3 is 10.2 Å². The third-order valence-corrected chi connectivity index (χ3v) is 6.29. The van der Waals surface area contributed by atoms with Crippen molar-refractivity contribution in [3.8, 4) is 11.5 Å². The molecule has 0 saturated carbocycles. The monoisotopic (exact) mass is 459 g/mol. The van der Waals surface area contributed by atoms with Crippen molar-refractivity contribution in [3.63, 3.8) is 0 Å². The Balaban J connectivity index is 1.79. The lowest BCUT2D eigenvalue weighted by Gasteiger charge is -2.21. The number of rotatable bonds is 8. The van der Waals surface area contributed by atoms with Gasteiger partial charge in [-0.15, -0.1) is 0 Å². The Morgan fingerprint density at radius 1 is 1.12 bits per heavy atom. The highest BCUT2D eigenvalue weighted by Crippen LogP contribution is 2.40. The third kappa shape index (κ3) is 4.46. The molecule has 1 aliphatic rings. The van der Waals surface area contributed by atoms with Crippen LogP contribution in [0.3, 0.4) is 0 Å². The molecule has 3 aromatic rings. The van der Waals surface area contributed by atoms with Crippen LogP contribution in [0.25, 0.3) is 10.8 Å². The molecule has 32 heavy (non-hydrogen) atoms. The molecule has 1 aliphatic heterocycles. The largest absolute Gasteiger partial charge is 0.492 e. The van der Waals surface area contributed by atoms with Crippen LogP contribution in [0.15, 0.2) is 54.6 Å². The summed E-state index contributed by atoms with van der Waals surface area (Å²) in [6, 6.07) is 15.6. The number of anilines is 1. The quantitative estimate of drug-likeness (QED) is 0.502. The first-order valence-electron chi connectivity index (χ1n) is 9.93. The summed E-state index contributed by atoms with van der Waals surface area (Å²) in [7, 11) is -2.45. The number of benzene rings is 3. The normalized spacial score (nSPS) is 15.1. The number of halogens is 1. The average molecular weight is 459 g/mol. The van der Waals surface area contributed by atoms with Crippen LogP contribution in [-0.2, 0) is 21.6 Å². The van der Waals surface area contributed by atoms with Gasteiger partial charge in [0, 0.05) is 11.9 Å². The molecular weight excluding hydrogens is 437 g/mol. The number of hydrogen-bond donors (Lipinski definition) is 2. The Bertz CT molecular complexity index is 1250. The Labute approximate surface area is 185 Å². The topological polar surface area (TPSA) is 97.0 Å². The summed E-state index contributed by atoms with van der Waals surface area (Å²) >= 11 is 0. The minimum absolute atomic E-state index is 0.0165. The highest BCUT2D eigenvalue weighted by Gasteiger charge is 2.38. The number of amides is 1. The van der Waals surface area contributed by atoms with Gasteiger partial charge in [0.15, 0.2) is 5.82 Å². The third-order valence-electron chi connectivity index (χ3n) is 4.92. The minimum Gasteiger partial charge on any atom is -0.492 e. The van der Waals surface area contributed by atoms with Crippen LogP contribution < -0.4 is 23.8 Å². The molecule has 4 rings (SSSR count). The Kier molecular flexibility index (Phi) is 6.15. The van der Waals surface area contributed by atoms with E-state index in [0.717, 1.165) is 5.56 Å². The van der Waals surface area contributed by atoms with Gasteiger partial charge in [-0.1, -0.05) is 36.4 Å². The highest BCUT2D eigenvalue weighted by molar-refractivity contribution is 7.92. The summed E-state index contributed by atoms with van der Waals surface area (Å²) in [4.78, 5) is 11.8. The number of hydrogen-bond acceptors (Lipinski definition) is 6. The number of nitrogens with zero attached hydrogens (tertiary/aromatic N) is 1. The van der Waals surface area contributed by atoms with Crippen LogP contribution in [0.5, 0.6) is 11.5 Å². The highest BCUT2D eigenvalue weighted by atomic mass is 32.2. The van der Waals surface area contributed by atoms with Gasteiger partial charge in [-0.3, -0.25) is 4.79 Å². The lowest BCUT2D eigenvalue weighted by atomic mass is 10.1. The first-order chi connectivity index (χ1) is 15.4. The SMILES string of the molecule is CNCCOc1ccc2cc(OCc3ccccc3)c(N3CC(=O)NS3(=O)=O)c(F)c2c1. The van der Waals surface area contributed by atoms with E-state index < -0.39 is 28.5 Å². The van der Waals surface area contributed by atoms with E-state index >= 15 is 4.39 Å². The maximum Gasteiger partial charge on any atom is 0.326 e. The van der Waals surface area contributed by atoms with Crippen molar-refractivity contribution in [1.29, 1.82) is 0 Å². The van der Waals surface area contributed by atoms with E-state index in [0.29, 0.717) is 28.6 Å². The van der Waals surface area contributed by atoms with Gasteiger partial charge in [0.25, 0.3) is 5.91 Å². The van der Waals surface area contributed by atoms with Gasteiger partial charge in [0.2, 0.25) is 0 Å². The molecule has 1 saturated heterocycles. The molecule has 1 amide bonds. The second-order valence-corrected chi connectivity index (χ2v) is 8.78. The Morgan fingerprint density at radius 3 is 2.59 bits per heavy atom. The van der Waals surface area contributed by atoms with Crippen molar-refractivity contribution in [2.75, 3.05) is 31.0 Å². The molecule has 168 valence electrons. The van der Waals surface area contributed by atoms with Crippen LogP contribution in [0.2, 0.25) is 0 Å². The van der Waals surface area contributed by atoms with Gasteiger partial charge in [-0.2, -0.15) is 8.42 Å². The molecule has 1 heterocycles. The molecule has 0 aromatic heterocycles. The molecule has 10 heteroatoms. The Hall–Kier alpha value is -3.37. The molecule has 0 unspecified atom stereocenters. The van der Waals surface area contributed by atoms with Gasteiger partial charge in [-0.25, -0.2) is 13.4 Å². The number of carbonyl (C=O) groups is 1. The van der Waals surface area contributed by atoms with E-state index in [9.17, 15) is 13.2 Å². The van der Waals surface area contributed by atoms with Crippen molar-refractivity contribution in [1.82, 2.24) is 10.0 Å². The predicted molar refractivity (Wildman–Crippen MR) is 119 cm³/mol. The second kappa shape index (κ2) is 9.01. The molecule has 8 nitrogen and oxygen atoms in total. The van der Waals surface area contributed by atoms with E-state index in [1.165, 1.54) is 6.07 Å². The molecule has 0 radical (unpaired) electrons. The molecule has 2 N–H and O–H groups in total. The lowest BCUT2D eigenvalue weighted by Crippen LogP contribution is -2.30. The number of nitrogens with one attached hydrogen (secondary N) is 2. The van der Waals surface area contributed by atoms with E-state index in [1.807, 2.05) is 35.1 Å². The minimum atomic E-state index is -4.24. The molecule has 0 atom stereocenters. The smallest absolute Gasteiger partial charge is 0.326 e. The number of likely N-dealkylation sites (N-methyl/N-ethyl adjacent to an activating group) is 1. The van der Waals surface area contributed by atoms with Gasteiger partial charge in [-0.05, 0) is 36.2 Å². The summed E-state index contributed by atoms with van der Waals surface area (Å²) in [6.45, 7) is 0.551. The van der Waals surface area contributed by atoms with Gasteiger partial charge < -0.3 is 14.8 Å². The summed E-state index contributed by atoms with van der Waals surface area (Å²) in [6.07, 6.45) is 0. The van der Waals surface area contributed by atoms with Crippen molar-refractivity contribution in [2.45, 2.75) is 6.61 Å². The predicted octanol–water partition coefficient (Wildman–Crippen LogP) is 2.34. The fraction of sp³-hybridized carbons (Fsp3) is 0.227. The summed E-state index contributed by atoms with van der Waals surface area (Å²) in [5.41, 5.74) is 0.505. The maximum atomic E-state index is 15.8. The van der Waals surface area contributed by atoms with E-state index in [4.69, 9.17) is 9.47 Å². The number of carbonyl (C=O) groups excluding carboxylic acids is 1. The van der Waals surface area contributed by atoms with Crippen LogP contribution in [0, 0.1) is 5.82 Å². The first kappa shape index (κ1) is 21.8. The van der Waals surface area contributed by atoms with Crippen molar-refractivity contribution >= 4 is 32.6 Å². The fourth-order valence-corrected chi connectivity index (χ4v) is 4.54. The lowest BCUT2D eigenvalue weighted by molar-refractivity contribution is -0.117. The molecule has 1 fully saturated rings. The average Bonchev–Trinajstić information content (AvgIpc) is 3.05. The number of ether oxygens (including phenoxy) is 2. The van der Waals surface area contributed by atoms with E-state index in [1.54, 1.807) is 25.2 Å². The molecule has 3 aromatic carbocycles.